The first-order valence-corrected chi connectivity index (χ1v) is 6.97. The van der Waals surface area contributed by atoms with Gasteiger partial charge >= 0.3 is 11.7 Å². The van der Waals surface area contributed by atoms with Crippen LogP contribution in [0.3, 0.4) is 0 Å². The van der Waals surface area contributed by atoms with Gasteiger partial charge in [0.15, 0.2) is 0 Å². The molecule has 0 radical (unpaired) electrons. The second kappa shape index (κ2) is 7.05. The van der Waals surface area contributed by atoms with Crippen LogP contribution in [0.25, 0.3) is 0 Å². The van der Waals surface area contributed by atoms with Crippen molar-refractivity contribution >= 4 is 17.5 Å². The van der Waals surface area contributed by atoms with Gasteiger partial charge in [0.05, 0.1) is 11.5 Å². The largest absolute Gasteiger partial charge is 0.465 e. The Morgan fingerprint density at radius 1 is 1.48 bits per heavy atom. The Kier molecular flexibility index (Phi) is 5.69. The predicted molar refractivity (Wildman–Crippen MR) is 78.4 cm³/mol. The maximum atomic E-state index is 11.8. The van der Waals surface area contributed by atoms with Crippen LogP contribution in [0.5, 0.6) is 0 Å². The van der Waals surface area contributed by atoms with E-state index in [9.17, 15) is 14.9 Å². The smallest absolute Gasteiger partial charge is 0.333 e. The molecule has 1 rings (SSSR count). The fourth-order valence-electron chi connectivity index (χ4n) is 2.13. The van der Waals surface area contributed by atoms with Crippen molar-refractivity contribution in [1.29, 1.82) is 0 Å². The fraction of sp³-hybridized carbons (Fsp3) is 0.692. The Morgan fingerprint density at radius 2 is 2.10 bits per heavy atom. The summed E-state index contributed by atoms with van der Waals surface area (Å²) in [5, 5.41) is 15.5. The number of esters is 1. The Labute approximate surface area is 123 Å². The van der Waals surface area contributed by atoms with Crippen LogP contribution in [0.4, 0.5) is 11.5 Å². The highest BCUT2D eigenvalue weighted by molar-refractivity contribution is 5.77. The van der Waals surface area contributed by atoms with Crippen molar-refractivity contribution in [3.63, 3.8) is 0 Å². The molecule has 0 spiro atoms. The van der Waals surface area contributed by atoms with Gasteiger partial charge < -0.3 is 9.64 Å². The third kappa shape index (κ3) is 3.71. The molecule has 1 aromatic rings. The summed E-state index contributed by atoms with van der Waals surface area (Å²) in [6.45, 7) is 9.61. The zero-order valence-corrected chi connectivity index (χ0v) is 13.1. The lowest BCUT2D eigenvalue weighted by molar-refractivity contribution is -0.384. The maximum absolute atomic E-state index is 11.8. The minimum Gasteiger partial charge on any atom is -0.465 e. The van der Waals surface area contributed by atoms with Gasteiger partial charge in [-0.2, -0.15) is 5.10 Å². The summed E-state index contributed by atoms with van der Waals surface area (Å²) >= 11 is 0. The summed E-state index contributed by atoms with van der Waals surface area (Å²) in [6.07, 6.45) is 0. The van der Waals surface area contributed by atoms with Gasteiger partial charge in [0, 0.05) is 12.6 Å². The van der Waals surface area contributed by atoms with Gasteiger partial charge in [0.1, 0.15) is 12.2 Å². The number of nitrogens with zero attached hydrogens (tertiary/aromatic N) is 4. The number of hydrogen-bond acceptors (Lipinski definition) is 6. The minimum absolute atomic E-state index is 0.0442. The normalized spacial score (nSPS) is 10.8. The molecule has 0 saturated carbocycles. The number of carbonyl (C=O) groups excluding carboxylic acids is 1. The SMILES string of the molecule is CCOC(=O)CN(c1c([N+](=O)[O-])c(C)nn1CC)C(C)C. The molecule has 0 N–H and O–H groups in total. The van der Waals surface area contributed by atoms with Gasteiger partial charge in [0.2, 0.25) is 5.82 Å². The highest BCUT2D eigenvalue weighted by Gasteiger charge is 2.31. The molecule has 1 heterocycles. The summed E-state index contributed by atoms with van der Waals surface area (Å²) in [7, 11) is 0. The van der Waals surface area contributed by atoms with Crippen molar-refractivity contribution in [2.45, 2.75) is 47.2 Å². The first-order chi connectivity index (χ1) is 9.83. The Morgan fingerprint density at radius 3 is 2.52 bits per heavy atom. The molecule has 0 aliphatic rings. The summed E-state index contributed by atoms with van der Waals surface area (Å²) in [6, 6.07) is -0.102. The van der Waals surface area contributed by atoms with Crippen LogP contribution in [-0.4, -0.2) is 39.9 Å². The van der Waals surface area contributed by atoms with Crippen LogP contribution in [0.2, 0.25) is 0 Å². The van der Waals surface area contributed by atoms with E-state index in [1.807, 2.05) is 20.8 Å². The average molecular weight is 298 g/mol. The van der Waals surface area contributed by atoms with Crippen LogP contribution in [0.1, 0.15) is 33.4 Å². The molecule has 1 aromatic heterocycles. The van der Waals surface area contributed by atoms with E-state index in [0.717, 1.165) is 0 Å². The molecule has 0 fully saturated rings. The zero-order valence-electron chi connectivity index (χ0n) is 13.1. The lowest BCUT2D eigenvalue weighted by atomic mass is 10.2. The van der Waals surface area contributed by atoms with Crippen molar-refractivity contribution in [3.05, 3.63) is 15.8 Å². The summed E-state index contributed by atoms with van der Waals surface area (Å²) in [5.74, 6) is -0.0648. The topological polar surface area (TPSA) is 90.5 Å². The molecule has 0 atom stereocenters. The number of hydrogen-bond donors (Lipinski definition) is 0. The average Bonchev–Trinajstić information content (AvgIpc) is 2.72. The van der Waals surface area contributed by atoms with Gasteiger partial charge in [-0.15, -0.1) is 0 Å². The first kappa shape index (κ1) is 16.9. The second-order valence-corrected chi connectivity index (χ2v) is 4.86. The number of anilines is 1. The van der Waals surface area contributed by atoms with E-state index >= 15 is 0 Å². The molecule has 0 amide bonds. The van der Waals surface area contributed by atoms with Crippen LogP contribution < -0.4 is 4.90 Å². The van der Waals surface area contributed by atoms with E-state index in [0.29, 0.717) is 18.1 Å². The Hall–Kier alpha value is -2.12. The standard InChI is InChI=1S/C13H22N4O4/c1-6-16-13(12(17(19)20)10(5)14-16)15(9(3)4)8-11(18)21-7-2/h9H,6-8H2,1-5H3. The van der Waals surface area contributed by atoms with Gasteiger partial charge in [-0.1, -0.05) is 0 Å². The molecule has 8 heteroatoms. The summed E-state index contributed by atoms with van der Waals surface area (Å²) in [5.41, 5.74) is 0.279. The van der Waals surface area contributed by atoms with Crippen molar-refractivity contribution in [2.24, 2.45) is 0 Å². The highest BCUT2D eigenvalue weighted by Crippen LogP contribution is 2.32. The number of carbonyl (C=O) groups is 1. The monoisotopic (exact) mass is 298 g/mol. The van der Waals surface area contributed by atoms with Crippen LogP contribution in [-0.2, 0) is 16.1 Å². The van der Waals surface area contributed by atoms with Crippen molar-refractivity contribution in [2.75, 3.05) is 18.1 Å². The first-order valence-electron chi connectivity index (χ1n) is 6.97. The van der Waals surface area contributed by atoms with Crippen molar-refractivity contribution in [1.82, 2.24) is 9.78 Å². The lowest BCUT2D eigenvalue weighted by Gasteiger charge is -2.27. The van der Waals surface area contributed by atoms with Crippen molar-refractivity contribution < 1.29 is 14.5 Å². The molecule has 0 aromatic carbocycles. The van der Waals surface area contributed by atoms with Crippen LogP contribution >= 0.6 is 0 Å². The molecule has 0 bridgehead atoms. The molecular formula is C13H22N4O4. The third-order valence-electron chi connectivity index (χ3n) is 3.05. The van der Waals surface area contributed by atoms with E-state index in [1.54, 1.807) is 23.4 Å². The molecule has 118 valence electrons. The third-order valence-corrected chi connectivity index (χ3v) is 3.05. The van der Waals surface area contributed by atoms with Crippen molar-refractivity contribution in [3.8, 4) is 0 Å². The highest BCUT2D eigenvalue weighted by atomic mass is 16.6. The van der Waals surface area contributed by atoms with Gasteiger partial charge in [-0.3, -0.25) is 14.9 Å². The number of ether oxygens (including phenoxy) is 1. The zero-order chi connectivity index (χ0) is 16.2. The Balaban J connectivity index is 3.30. The number of nitro groups is 1. The van der Waals surface area contributed by atoms with E-state index in [-0.39, 0.29) is 24.9 Å². The Bertz CT molecular complexity index is 524. The molecule has 21 heavy (non-hydrogen) atoms. The summed E-state index contributed by atoms with van der Waals surface area (Å²) in [4.78, 5) is 24.3. The quantitative estimate of drug-likeness (QED) is 0.434. The molecule has 0 aliphatic heterocycles. The van der Waals surface area contributed by atoms with Crippen LogP contribution in [0, 0.1) is 17.0 Å². The molecule has 8 nitrogen and oxygen atoms in total. The lowest BCUT2D eigenvalue weighted by Crippen LogP contribution is -2.38. The van der Waals surface area contributed by atoms with Crippen LogP contribution in [0.15, 0.2) is 0 Å². The van der Waals surface area contributed by atoms with E-state index in [2.05, 4.69) is 5.10 Å². The van der Waals surface area contributed by atoms with Gasteiger partial charge in [-0.05, 0) is 34.6 Å². The molecular weight excluding hydrogens is 276 g/mol. The minimum atomic E-state index is -0.454. The predicted octanol–water partition coefficient (Wildman–Crippen LogP) is 1.90. The number of rotatable bonds is 7. The van der Waals surface area contributed by atoms with Gasteiger partial charge in [0.25, 0.3) is 0 Å². The van der Waals surface area contributed by atoms with E-state index in [4.69, 9.17) is 4.74 Å². The molecule has 0 saturated heterocycles. The van der Waals surface area contributed by atoms with E-state index in [1.165, 1.54) is 0 Å². The number of aromatic nitrogens is 2. The second-order valence-electron chi connectivity index (χ2n) is 4.86. The fourth-order valence-corrected chi connectivity index (χ4v) is 2.13. The maximum Gasteiger partial charge on any atom is 0.333 e. The number of aryl methyl sites for hydroxylation is 2. The van der Waals surface area contributed by atoms with Gasteiger partial charge in [-0.25, -0.2) is 4.68 Å². The van der Waals surface area contributed by atoms with E-state index < -0.39 is 10.9 Å². The molecule has 0 unspecified atom stereocenters. The molecule has 0 aliphatic carbocycles. The summed E-state index contributed by atoms with van der Waals surface area (Å²) < 4.78 is 6.49.